The van der Waals surface area contributed by atoms with Crippen LogP contribution >= 0.6 is 0 Å². The van der Waals surface area contributed by atoms with Gasteiger partial charge in [-0.15, -0.1) is 0 Å². The topological polar surface area (TPSA) is 67.2 Å². The average molecular weight is 239 g/mol. The molecule has 0 bridgehead atoms. The predicted molar refractivity (Wildman–Crippen MR) is 65.8 cm³/mol. The molecule has 0 unspecified atom stereocenters. The van der Waals surface area contributed by atoms with Crippen LogP contribution in [0.25, 0.3) is 0 Å². The Labute approximate surface area is 102 Å². The number of carbonyl (C=O) groups excluding carboxylic acids is 1. The van der Waals surface area contributed by atoms with Crippen LogP contribution in [0.5, 0.6) is 0 Å². The van der Waals surface area contributed by atoms with E-state index in [4.69, 9.17) is 5.11 Å². The molecule has 0 aliphatic carbocycles. The minimum absolute atomic E-state index is 0.0544. The van der Waals surface area contributed by atoms with E-state index >= 15 is 0 Å². The molecule has 17 heavy (non-hydrogen) atoms. The Morgan fingerprint density at radius 3 is 2.71 bits per heavy atom. The number of carbonyl (C=O) groups is 1. The van der Waals surface area contributed by atoms with Gasteiger partial charge < -0.3 is 10.4 Å². The standard InChI is InChI=1S/C12H21N3O2/c1-5-9-8-10(15(4)14-9)11(17)13-12(2,3)6-7-16/h8,16H,5-7H2,1-4H3,(H,13,17). The van der Waals surface area contributed by atoms with Crippen molar-refractivity contribution in [3.63, 3.8) is 0 Å². The highest BCUT2D eigenvalue weighted by molar-refractivity contribution is 5.93. The summed E-state index contributed by atoms with van der Waals surface area (Å²) in [6.45, 7) is 5.83. The van der Waals surface area contributed by atoms with Crippen LogP contribution in [0, 0.1) is 0 Å². The van der Waals surface area contributed by atoms with E-state index in [-0.39, 0.29) is 12.5 Å². The molecule has 1 amide bonds. The van der Waals surface area contributed by atoms with Crippen LogP contribution in [0.15, 0.2) is 6.07 Å². The van der Waals surface area contributed by atoms with Crippen molar-refractivity contribution in [2.75, 3.05) is 6.61 Å². The summed E-state index contributed by atoms with van der Waals surface area (Å²) in [6, 6.07) is 1.80. The lowest BCUT2D eigenvalue weighted by atomic mass is 10.0. The van der Waals surface area contributed by atoms with Gasteiger partial charge in [-0.25, -0.2) is 0 Å². The van der Waals surface area contributed by atoms with E-state index in [1.807, 2.05) is 20.8 Å². The number of amides is 1. The second-order valence-electron chi connectivity index (χ2n) is 4.81. The zero-order valence-corrected chi connectivity index (χ0v) is 10.9. The van der Waals surface area contributed by atoms with Crippen LogP contribution in [0.3, 0.4) is 0 Å². The van der Waals surface area contributed by atoms with E-state index in [1.54, 1.807) is 17.8 Å². The van der Waals surface area contributed by atoms with E-state index in [1.165, 1.54) is 0 Å². The second kappa shape index (κ2) is 5.31. The van der Waals surface area contributed by atoms with Gasteiger partial charge in [-0.05, 0) is 32.8 Å². The molecule has 0 spiro atoms. The fourth-order valence-electron chi connectivity index (χ4n) is 1.63. The summed E-state index contributed by atoms with van der Waals surface area (Å²) in [5.41, 5.74) is 1.04. The maximum Gasteiger partial charge on any atom is 0.269 e. The number of aliphatic hydroxyl groups excluding tert-OH is 1. The van der Waals surface area contributed by atoms with Crippen molar-refractivity contribution in [1.82, 2.24) is 15.1 Å². The van der Waals surface area contributed by atoms with Crippen LogP contribution in [0.2, 0.25) is 0 Å². The monoisotopic (exact) mass is 239 g/mol. The summed E-state index contributed by atoms with van der Waals surface area (Å²) in [5, 5.41) is 16.0. The first kappa shape index (κ1) is 13.7. The molecule has 5 heteroatoms. The quantitative estimate of drug-likeness (QED) is 0.801. The number of aryl methyl sites for hydroxylation is 2. The molecule has 0 atom stereocenters. The van der Waals surface area contributed by atoms with Crippen molar-refractivity contribution in [2.24, 2.45) is 7.05 Å². The van der Waals surface area contributed by atoms with Crippen LogP contribution in [-0.2, 0) is 13.5 Å². The largest absolute Gasteiger partial charge is 0.396 e. The number of hydrogen-bond donors (Lipinski definition) is 2. The molecule has 1 aromatic rings. The highest BCUT2D eigenvalue weighted by Crippen LogP contribution is 2.10. The van der Waals surface area contributed by atoms with Gasteiger partial charge in [0.15, 0.2) is 0 Å². The molecule has 1 heterocycles. The summed E-state index contributed by atoms with van der Waals surface area (Å²) >= 11 is 0. The molecule has 0 aromatic carbocycles. The van der Waals surface area contributed by atoms with E-state index in [0.29, 0.717) is 12.1 Å². The molecular weight excluding hydrogens is 218 g/mol. The SMILES string of the molecule is CCc1cc(C(=O)NC(C)(C)CCO)n(C)n1. The third-order valence-corrected chi connectivity index (χ3v) is 2.71. The van der Waals surface area contributed by atoms with E-state index in [9.17, 15) is 4.79 Å². The molecule has 1 aromatic heterocycles. The molecule has 1 rings (SSSR count). The Morgan fingerprint density at radius 2 is 2.24 bits per heavy atom. The van der Waals surface area contributed by atoms with Gasteiger partial charge in [-0.1, -0.05) is 6.92 Å². The summed E-state index contributed by atoms with van der Waals surface area (Å²) in [5.74, 6) is -0.154. The van der Waals surface area contributed by atoms with Gasteiger partial charge in [0.05, 0.1) is 5.69 Å². The van der Waals surface area contributed by atoms with Crippen LogP contribution in [-0.4, -0.2) is 32.9 Å². The maximum absolute atomic E-state index is 12.0. The molecule has 0 saturated heterocycles. The molecule has 0 radical (unpaired) electrons. The van der Waals surface area contributed by atoms with E-state index < -0.39 is 5.54 Å². The zero-order valence-electron chi connectivity index (χ0n) is 10.9. The van der Waals surface area contributed by atoms with Gasteiger partial charge in [-0.2, -0.15) is 5.10 Å². The zero-order chi connectivity index (χ0) is 13.1. The summed E-state index contributed by atoms with van der Waals surface area (Å²) in [4.78, 5) is 12.0. The Kier molecular flexibility index (Phi) is 4.28. The first-order chi connectivity index (χ1) is 7.89. The average Bonchev–Trinajstić information content (AvgIpc) is 2.58. The second-order valence-corrected chi connectivity index (χ2v) is 4.81. The van der Waals surface area contributed by atoms with Crippen molar-refractivity contribution >= 4 is 5.91 Å². The predicted octanol–water partition coefficient (Wildman–Crippen LogP) is 0.873. The van der Waals surface area contributed by atoms with E-state index in [0.717, 1.165) is 12.1 Å². The summed E-state index contributed by atoms with van der Waals surface area (Å²) in [7, 11) is 1.76. The number of aromatic nitrogens is 2. The molecule has 5 nitrogen and oxygen atoms in total. The number of nitrogens with one attached hydrogen (secondary N) is 1. The van der Waals surface area contributed by atoms with Crippen molar-refractivity contribution in [3.8, 4) is 0 Å². The van der Waals surface area contributed by atoms with Crippen molar-refractivity contribution in [3.05, 3.63) is 17.5 Å². The third kappa shape index (κ3) is 3.56. The van der Waals surface area contributed by atoms with Crippen LogP contribution in [0.4, 0.5) is 0 Å². The van der Waals surface area contributed by atoms with Gasteiger partial charge in [0.25, 0.3) is 5.91 Å². The van der Waals surface area contributed by atoms with Crippen LogP contribution in [0.1, 0.15) is 43.4 Å². The number of hydrogen-bond acceptors (Lipinski definition) is 3. The molecular formula is C12H21N3O2. The number of aliphatic hydroxyl groups is 1. The molecule has 2 N–H and O–H groups in total. The minimum Gasteiger partial charge on any atom is -0.396 e. The molecule has 0 fully saturated rings. The normalized spacial score (nSPS) is 11.6. The smallest absolute Gasteiger partial charge is 0.269 e. The Morgan fingerprint density at radius 1 is 1.59 bits per heavy atom. The third-order valence-electron chi connectivity index (χ3n) is 2.71. The maximum atomic E-state index is 12.0. The molecule has 96 valence electrons. The first-order valence-corrected chi connectivity index (χ1v) is 5.86. The van der Waals surface area contributed by atoms with E-state index in [2.05, 4.69) is 10.4 Å². The minimum atomic E-state index is -0.414. The van der Waals surface area contributed by atoms with Crippen molar-refractivity contribution in [2.45, 2.75) is 39.2 Å². The highest BCUT2D eigenvalue weighted by atomic mass is 16.3. The van der Waals surface area contributed by atoms with Crippen molar-refractivity contribution < 1.29 is 9.90 Å². The fraction of sp³-hybridized carbons (Fsp3) is 0.667. The number of nitrogens with zero attached hydrogens (tertiary/aromatic N) is 2. The molecule has 0 aliphatic rings. The summed E-state index contributed by atoms with van der Waals surface area (Å²) in [6.07, 6.45) is 1.33. The summed E-state index contributed by atoms with van der Waals surface area (Å²) < 4.78 is 1.59. The van der Waals surface area contributed by atoms with Crippen molar-refractivity contribution in [1.29, 1.82) is 0 Å². The van der Waals surface area contributed by atoms with Gasteiger partial charge >= 0.3 is 0 Å². The first-order valence-electron chi connectivity index (χ1n) is 5.86. The Hall–Kier alpha value is -1.36. The lowest BCUT2D eigenvalue weighted by Crippen LogP contribution is -2.44. The van der Waals surface area contributed by atoms with Gasteiger partial charge in [0.2, 0.25) is 0 Å². The molecule has 0 saturated carbocycles. The highest BCUT2D eigenvalue weighted by Gasteiger charge is 2.22. The van der Waals surface area contributed by atoms with Gasteiger partial charge in [0, 0.05) is 19.2 Å². The lowest BCUT2D eigenvalue weighted by Gasteiger charge is -2.25. The van der Waals surface area contributed by atoms with Crippen LogP contribution < -0.4 is 5.32 Å². The fourth-order valence-corrected chi connectivity index (χ4v) is 1.63. The van der Waals surface area contributed by atoms with Gasteiger partial charge in [-0.3, -0.25) is 9.48 Å². The molecule has 0 aliphatic heterocycles. The number of rotatable bonds is 5. The van der Waals surface area contributed by atoms with Gasteiger partial charge in [0.1, 0.15) is 5.69 Å². The Bertz CT molecular complexity index is 396. The lowest BCUT2D eigenvalue weighted by molar-refractivity contribution is 0.0890. The Balaban J connectivity index is 2.79.